The van der Waals surface area contributed by atoms with Crippen LogP contribution in [0, 0.1) is 0 Å². The first-order valence-electron chi connectivity index (χ1n) is 9.33. The molecule has 0 N–H and O–H groups in total. The van der Waals surface area contributed by atoms with Crippen molar-refractivity contribution in [3.63, 3.8) is 0 Å². The van der Waals surface area contributed by atoms with Crippen LogP contribution >= 0.6 is 0 Å². The number of rotatable bonds is 6. The quantitative estimate of drug-likeness (QED) is 0.727. The van der Waals surface area contributed by atoms with Crippen molar-refractivity contribution >= 4 is 5.71 Å². The maximum Gasteiger partial charge on any atom is 0.165 e. The monoisotopic (exact) mass is 356 g/mol. The molecular formula is C18H32N2O5. The lowest BCUT2D eigenvalue weighted by atomic mass is 10.0. The predicted molar refractivity (Wildman–Crippen MR) is 93.5 cm³/mol. The number of hydrogen-bond donors (Lipinski definition) is 0. The molecule has 0 aromatic rings. The van der Waals surface area contributed by atoms with Crippen molar-refractivity contribution in [2.45, 2.75) is 70.2 Å². The maximum absolute atomic E-state index is 6.17. The topological polar surface area (TPSA) is 61.8 Å². The predicted octanol–water partition coefficient (Wildman–Crippen LogP) is 2.15. The van der Waals surface area contributed by atoms with Gasteiger partial charge in [-0.25, -0.2) is 0 Å². The highest BCUT2D eigenvalue weighted by molar-refractivity contribution is 5.90. The fourth-order valence-electron chi connectivity index (χ4n) is 3.68. The van der Waals surface area contributed by atoms with E-state index in [1.54, 1.807) is 7.11 Å². The molecule has 3 aliphatic rings. The Morgan fingerprint density at radius 1 is 1.20 bits per heavy atom. The van der Waals surface area contributed by atoms with Crippen molar-refractivity contribution in [3.05, 3.63) is 0 Å². The lowest BCUT2D eigenvalue weighted by molar-refractivity contribution is -0.240. The summed E-state index contributed by atoms with van der Waals surface area (Å²) in [7, 11) is 1.74. The van der Waals surface area contributed by atoms with E-state index in [4.69, 9.17) is 28.8 Å². The minimum absolute atomic E-state index is 0.0860. The Morgan fingerprint density at radius 2 is 1.96 bits per heavy atom. The van der Waals surface area contributed by atoms with Crippen LogP contribution in [0.4, 0.5) is 0 Å². The van der Waals surface area contributed by atoms with Gasteiger partial charge in [-0.3, -0.25) is 5.01 Å². The molecule has 0 saturated carbocycles. The van der Waals surface area contributed by atoms with Gasteiger partial charge in [0.1, 0.15) is 6.10 Å². The van der Waals surface area contributed by atoms with Gasteiger partial charge in [-0.05, 0) is 40.0 Å². The van der Waals surface area contributed by atoms with Crippen LogP contribution in [0.25, 0.3) is 0 Å². The summed E-state index contributed by atoms with van der Waals surface area (Å²) < 4.78 is 28.8. The summed E-state index contributed by atoms with van der Waals surface area (Å²) in [4.78, 5) is 0. The molecule has 7 nitrogen and oxygen atoms in total. The summed E-state index contributed by atoms with van der Waals surface area (Å²) in [6.07, 6.45) is 3.74. The van der Waals surface area contributed by atoms with Crippen LogP contribution in [0.1, 0.15) is 46.5 Å². The average Bonchev–Trinajstić information content (AvgIpc) is 3.18. The van der Waals surface area contributed by atoms with E-state index < -0.39 is 11.6 Å². The van der Waals surface area contributed by atoms with E-state index in [0.29, 0.717) is 32.5 Å². The minimum atomic E-state index is -0.598. The van der Waals surface area contributed by atoms with Gasteiger partial charge in [0.15, 0.2) is 11.6 Å². The molecule has 3 heterocycles. The fraction of sp³-hybridized carbons (Fsp3) is 0.944. The zero-order valence-corrected chi connectivity index (χ0v) is 16.0. The highest BCUT2D eigenvalue weighted by Gasteiger charge is 2.38. The van der Waals surface area contributed by atoms with Crippen LogP contribution in [-0.2, 0) is 23.7 Å². The normalized spacial score (nSPS) is 33.3. The molecule has 2 atom stereocenters. The van der Waals surface area contributed by atoms with E-state index in [1.807, 2.05) is 20.8 Å². The first kappa shape index (κ1) is 19.0. The summed E-state index contributed by atoms with van der Waals surface area (Å²) in [5, 5.41) is 7.03. The van der Waals surface area contributed by atoms with Crippen LogP contribution in [0.5, 0.6) is 0 Å². The summed E-state index contributed by atoms with van der Waals surface area (Å²) in [5.41, 5.74) is 0.948. The van der Waals surface area contributed by atoms with Gasteiger partial charge in [0, 0.05) is 20.1 Å². The molecule has 0 radical (unpaired) electrons. The van der Waals surface area contributed by atoms with E-state index in [0.717, 1.165) is 37.9 Å². The first-order chi connectivity index (χ1) is 11.9. The molecule has 3 aliphatic heterocycles. The number of nitrogens with zero attached hydrogens (tertiary/aromatic N) is 2. The van der Waals surface area contributed by atoms with Crippen molar-refractivity contribution < 1.29 is 23.7 Å². The van der Waals surface area contributed by atoms with Crippen molar-refractivity contribution in [1.82, 2.24) is 5.01 Å². The van der Waals surface area contributed by atoms with E-state index in [-0.39, 0.29) is 6.10 Å². The lowest BCUT2D eigenvalue weighted by Gasteiger charge is -2.38. The van der Waals surface area contributed by atoms with Gasteiger partial charge in [-0.2, -0.15) is 5.10 Å². The van der Waals surface area contributed by atoms with Crippen LogP contribution < -0.4 is 0 Å². The third-order valence-electron chi connectivity index (χ3n) is 5.09. The smallest absolute Gasteiger partial charge is 0.165 e. The van der Waals surface area contributed by atoms with Gasteiger partial charge in [-0.15, -0.1) is 0 Å². The number of hydrazone groups is 1. The second-order valence-electron chi connectivity index (χ2n) is 7.67. The van der Waals surface area contributed by atoms with Crippen LogP contribution in [0.15, 0.2) is 5.10 Å². The maximum atomic E-state index is 6.17. The third kappa shape index (κ3) is 4.92. The van der Waals surface area contributed by atoms with Crippen molar-refractivity contribution in [1.29, 1.82) is 0 Å². The third-order valence-corrected chi connectivity index (χ3v) is 5.09. The molecule has 144 valence electrons. The summed E-state index contributed by atoms with van der Waals surface area (Å²) in [6, 6.07) is 0.340. The molecule has 25 heavy (non-hydrogen) atoms. The second-order valence-corrected chi connectivity index (χ2v) is 7.67. The first-order valence-corrected chi connectivity index (χ1v) is 9.33. The molecule has 3 saturated heterocycles. The lowest BCUT2D eigenvalue weighted by Crippen LogP contribution is -2.48. The van der Waals surface area contributed by atoms with Crippen molar-refractivity contribution in [2.24, 2.45) is 5.10 Å². The molecule has 3 rings (SSSR count). The zero-order valence-electron chi connectivity index (χ0n) is 16.0. The second kappa shape index (κ2) is 7.88. The molecule has 7 heteroatoms. The van der Waals surface area contributed by atoms with E-state index in [2.05, 4.69) is 5.01 Å². The Kier molecular flexibility index (Phi) is 6.00. The highest BCUT2D eigenvalue weighted by atomic mass is 16.7. The summed E-state index contributed by atoms with van der Waals surface area (Å²) in [5.74, 6) is -1.11. The Hall–Kier alpha value is -0.730. The minimum Gasteiger partial charge on any atom is -0.382 e. The van der Waals surface area contributed by atoms with E-state index in [9.17, 15) is 0 Å². The van der Waals surface area contributed by atoms with Crippen LogP contribution in [-0.4, -0.2) is 74.5 Å². The molecule has 0 aromatic carbocycles. The van der Waals surface area contributed by atoms with Crippen molar-refractivity contribution in [2.75, 3.05) is 40.1 Å². The van der Waals surface area contributed by atoms with Gasteiger partial charge in [0.25, 0.3) is 0 Å². The van der Waals surface area contributed by atoms with E-state index in [1.165, 1.54) is 0 Å². The number of hydrogen-bond acceptors (Lipinski definition) is 7. The van der Waals surface area contributed by atoms with Crippen molar-refractivity contribution in [3.8, 4) is 0 Å². The van der Waals surface area contributed by atoms with Gasteiger partial charge < -0.3 is 23.7 Å². The summed E-state index contributed by atoms with van der Waals surface area (Å²) >= 11 is 0. The Balaban J connectivity index is 1.67. The SMILES string of the molecule is COC[C@@H]1CCCN1/N=C1\COC(C)(C)O[C@H]1CCC1(C)OCCO1. The van der Waals surface area contributed by atoms with Crippen LogP contribution in [0.3, 0.4) is 0 Å². The molecule has 0 bridgehead atoms. The highest BCUT2D eigenvalue weighted by Crippen LogP contribution is 2.30. The Morgan fingerprint density at radius 3 is 2.68 bits per heavy atom. The molecule has 0 aromatic heterocycles. The molecular weight excluding hydrogens is 324 g/mol. The summed E-state index contributed by atoms with van der Waals surface area (Å²) in [6.45, 7) is 9.36. The standard InChI is InChI=1S/C18H32N2O5/c1-17(2)24-13-15(19-20-9-5-6-14(20)12-21-4)16(25-17)7-8-18(3)22-10-11-23-18/h14,16H,5-13H2,1-4H3/b19-15+/t14-,16-/m0/s1. The Bertz CT molecular complexity index is 476. The zero-order chi connectivity index (χ0) is 17.9. The molecule has 0 amide bonds. The van der Waals surface area contributed by atoms with Gasteiger partial charge in [0.05, 0.1) is 38.2 Å². The number of ether oxygens (including phenoxy) is 5. The van der Waals surface area contributed by atoms with Gasteiger partial charge >= 0.3 is 0 Å². The molecule has 3 fully saturated rings. The number of methoxy groups -OCH3 is 1. The van der Waals surface area contributed by atoms with E-state index >= 15 is 0 Å². The molecule has 0 spiro atoms. The Labute approximate surface area is 150 Å². The fourth-order valence-corrected chi connectivity index (χ4v) is 3.68. The van der Waals surface area contributed by atoms with Gasteiger partial charge in [0.2, 0.25) is 0 Å². The molecule has 0 aliphatic carbocycles. The molecule has 0 unspecified atom stereocenters. The largest absolute Gasteiger partial charge is 0.382 e. The van der Waals surface area contributed by atoms with Crippen LogP contribution in [0.2, 0.25) is 0 Å². The average molecular weight is 356 g/mol. The van der Waals surface area contributed by atoms with Gasteiger partial charge in [-0.1, -0.05) is 0 Å².